The van der Waals surface area contributed by atoms with E-state index in [-0.39, 0.29) is 18.9 Å². The van der Waals surface area contributed by atoms with Gasteiger partial charge in [0.15, 0.2) is 0 Å². The molecule has 0 saturated heterocycles. The smallest absolute Gasteiger partial charge is 0.407 e. The molecule has 0 fully saturated rings. The molecule has 2 N–H and O–H groups in total. The normalized spacial score (nSPS) is 12.9. The molecule has 1 aliphatic rings. The summed E-state index contributed by atoms with van der Waals surface area (Å²) in [7, 11) is 0. The molecule has 0 bridgehead atoms. The first-order chi connectivity index (χ1) is 23.6. The van der Waals surface area contributed by atoms with Crippen molar-refractivity contribution in [2.24, 2.45) is 0 Å². The summed E-state index contributed by atoms with van der Waals surface area (Å²) in [5.41, 5.74) is 7.58. The van der Waals surface area contributed by atoms with Crippen LogP contribution in [0.25, 0.3) is 11.1 Å². The van der Waals surface area contributed by atoms with Crippen LogP contribution in [0, 0.1) is 0 Å². The summed E-state index contributed by atoms with van der Waals surface area (Å²) in [6.07, 6.45) is 3.30. The van der Waals surface area contributed by atoms with Gasteiger partial charge in [0.2, 0.25) is 0 Å². The maximum atomic E-state index is 13.1. The molecule has 0 spiro atoms. The number of alkyl carbamates (subject to hydrolysis) is 1. The predicted octanol–water partition coefficient (Wildman–Crippen LogP) is 7.65. The summed E-state index contributed by atoms with van der Waals surface area (Å²) in [6.45, 7) is 0.104. The first-order valence-electron chi connectivity index (χ1n) is 16.1. The number of benzene rings is 5. The second kappa shape index (κ2) is 13.4. The second-order valence-electron chi connectivity index (χ2n) is 12.0. The van der Waals surface area contributed by atoms with Crippen LogP contribution in [0.15, 0.2) is 152 Å². The highest BCUT2D eigenvalue weighted by Gasteiger charge is 2.39. The van der Waals surface area contributed by atoms with E-state index in [0.29, 0.717) is 6.42 Å². The molecule has 48 heavy (non-hydrogen) atoms. The molecule has 1 atom stereocenters. The third-order valence-electron chi connectivity index (χ3n) is 9.27. The maximum Gasteiger partial charge on any atom is 0.407 e. The van der Waals surface area contributed by atoms with Crippen molar-refractivity contribution in [1.82, 2.24) is 14.9 Å². The van der Waals surface area contributed by atoms with E-state index in [9.17, 15) is 14.7 Å². The van der Waals surface area contributed by atoms with E-state index >= 15 is 0 Å². The van der Waals surface area contributed by atoms with Crippen LogP contribution < -0.4 is 5.32 Å². The Kier molecular flexibility index (Phi) is 8.58. The number of aromatic nitrogens is 2. The number of nitrogens with zero attached hydrogens (tertiary/aromatic N) is 2. The van der Waals surface area contributed by atoms with E-state index in [2.05, 4.69) is 63.4 Å². The van der Waals surface area contributed by atoms with Crippen molar-refractivity contribution in [3.05, 3.63) is 186 Å². The zero-order valence-corrected chi connectivity index (χ0v) is 26.3. The zero-order valence-electron chi connectivity index (χ0n) is 26.3. The zero-order chi connectivity index (χ0) is 32.9. The third kappa shape index (κ3) is 5.64. The summed E-state index contributed by atoms with van der Waals surface area (Å²) in [5.74, 6) is -1.25. The van der Waals surface area contributed by atoms with Gasteiger partial charge in [-0.25, -0.2) is 14.6 Å². The van der Waals surface area contributed by atoms with E-state index in [1.165, 1.54) is 0 Å². The summed E-state index contributed by atoms with van der Waals surface area (Å²) >= 11 is 0. The molecule has 1 aliphatic carbocycles. The molecular formula is C41H35N3O4. The van der Waals surface area contributed by atoms with Gasteiger partial charge >= 0.3 is 12.1 Å². The molecule has 1 unspecified atom stereocenters. The Labute approximate surface area is 279 Å². The number of hydrogen-bond donors (Lipinski definition) is 2. The Morgan fingerprint density at radius 3 is 1.71 bits per heavy atom. The molecule has 7 heteroatoms. The molecule has 0 aliphatic heterocycles. The molecular weight excluding hydrogens is 598 g/mol. The van der Waals surface area contributed by atoms with Crippen LogP contribution in [0.5, 0.6) is 0 Å². The molecule has 238 valence electrons. The van der Waals surface area contributed by atoms with Crippen LogP contribution in [-0.4, -0.2) is 39.4 Å². The number of carbonyl (C=O) groups excluding carboxylic acids is 1. The number of carboxylic acids is 1. The van der Waals surface area contributed by atoms with Gasteiger partial charge in [0.05, 0.1) is 6.33 Å². The lowest BCUT2D eigenvalue weighted by Gasteiger charge is -2.38. The van der Waals surface area contributed by atoms with Gasteiger partial charge in [-0.3, -0.25) is 0 Å². The lowest BCUT2D eigenvalue weighted by molar-refractivity contribution is -0.139. The number of rotatable bonds is 11. The van der Waals surface area contributed by atoms with Crippen LogP contribution >= 0.6 is 0 Å². The minimum atomic E-state index is -1.16. The fraction of sp³-hybridized carbons (Fsp3) is 0.146. The number of nitrogens with one attached hydrogen (secondary N) is 1. The van der Waals surface area contributed by atoms with Gasteiger partial charge in [-0.1, -0.05) is 140 Å². The van der Waals surface area contributed by atoms with Crippen LogP contribution in [0.4, 0.5) is 4.79 Å². The number of carboxylic acid groups (broad SMARTS) is 1. The molecule has 5 aromatic carbocycles. The molecule has 7 nitrogen and oxygen atoms in total. The third-order valence-corrected chi connectivity index (χ3v) is 9.27. The lowest BCUT2D eigenvalue weighted by Crippen LogP contribution is -2.42. The fourth-order valence-corrected chi connectivity index (χ4v) is 7.10. The van der Waals surface area contributed by atoms with Crippen molar-refractivity contribution < 1.29 is 19.4 Å². The maximum absolute atomic E-state index is 13.1. The number of imidazole rings is 1. The molecule has 6 aromatic rings. The minimum Gasteiger partial charge on any atom is -0.480 e. The summed E-state index contributed by atoms with van der Waals surface area (Å²) in [6, 6.07) is 45.7. The topological polar surface area (TPSA) is 93.5 Å². The number of carbonyl (C=O) groups is 2. The van der Waals surface area contributed by atoms with Crippen LogP contribution in [0.1, 0.15) is 45.8 Å². The van der Waals surface area contributed by atoms with Crippen molar-refractivity contribution in [2.45, 2.75) is 30.3 Å². The first-order valence-corrected chi connectivity index (χ1v) is 16.1. The van der Waals surface area contributed by atoms with Crippen molar-refractivity contribution in [1.29, 1.82) is 0 Å². The molecule has 0 radical (unpaired) electrons. The molecule has 1 amide bonds. The molecule has 0 saturated carbocycles. The van der Waals surface area contributed by atoms with Gasteiger partial charge in [0.1, 0.15) is 18.2 Å². The number of ether oxygens (including phenoxy) is 1. The Balaban J connectivity index is 1.13. The average molecular weight is 634 g/mol. The second-order valence-corrected chi connectivity index (χ2v) is 12.0. The Bertz CT molecular complexity index is 1880. The Hall–Kier alpha value is -5.95. The molecule has 1 heterocycles. The van der Waals surface area contributed by atoms with Crippen molar-refractivity contribution >= 4 is 12.1 Å². The summed E-state index contributed by atoms with van der Waals surface area (Å²) < 4.78 is 7.80. The van der Waals surface area contributed by atoms with Gasteiger partial charge < -0.3 is 19.7 Å². The Morgan fingerprint density at radius 2 is 1.21 bits per heavy atom. The first kappa shape index (κ1) is 30.7. The summed E-state index contributed by atoms with van der Waals surface area (Å²) in [5, 5.41) is 12.8. The van der Waals surface area contributed by atoms with Crippen molar-refractivity contribution in [2.75, 3.05) is 6.61 Å². The number of amides is 1. The van der Waals surface area contributed by atoms with Gasteiger partial charge in [0, 0.05) is 17.8 Å². The highest BCUT2D eigenvalue weighted by molar-refractivity contribution is 5.81. The quantitative estimate of drug-likeness (QED) is 0.143. The van der Waals surface area contributed by atoms with E-state index in [1.807, 2.05) is 91.0 Å². The van der Waals surface area contributed by atoms with Gasteiger partial charge in [-0.05, 0) is 51.8 Å². The highest BCUT2D eigenvalue weighted by Crippen LogP contribution is 2.45. The standard InChI is InChI=1S/C41H35N3O4/c45-39(46)38(43-40(47)48-27-37-35-22-12-10-20-33(35)34-21-11-13-23-36(34)37)25-24-32-26-42-28-44(32)41(29-14-4-1-5-15-29,30-16-6-2-7-17-30)31-18-8-3-9-19-31/h1-23,26,28,37-38H,24-25,27H2,(H,43,47)(H,45,46). The van der Waals surface area contributed by atoms with Crippen LogP contribution in [0.3, 0.4) is 0 Å². The minimum absolute atomic E-state index is 0.104. The van der Waals surface area contributed by atoms with Gasteiger partial charge in [-0.15, -0.1) is 0 Å². The van der Waals surface area contributed by atoms with E-state index in [1.54, 1.807) is 12.5 Å². The van der Waals surface area contributed by atoms with E-state index in [0.717, 1.165) is 44.6 Å². The number of aliphatic carboxylic acids is 1. The number of aryl methyl sites for hydroxylation is 1. The number of hydrogen-bond acceptors (Lipinski definition) is 4. The fourth-order valence-electron chi connectivity index (χ4n) is 7.10. The van der Waals surface area contributed by atoms with E-state index in [4.69, 9.17) is 4.74 Å². The molecule has 1 aromatic heterocycles. The van der Waals surface area contributed by atoms with E-state index < -0.39 is 23.6 Å². The lowest BCUT2D eigenvalue weighted by atomic mass is 9.76. The van der Waals surface area contributed by atoms with Gasteiger partial charge in [0.25, 0.3) is 0 Å². The summed E-state index contributed by atoms with van der Waals surface area (Å²) in [4.78, 5) is 30.1. The SMILES string of the molecule is O=C(NC(CCc1cncn1C(c1ccccc1)(c1ccccc1)c1ccccc1)C(=O)O)OCC1c2ccccc2-c2ccccc21. The van der Waals surface area contributed by atoms with Crippen molar-refractivity contribution in [3.8, 4) is 11.1 Å². The van der Waals surface area contributed by atoms with Gasteiger partial charge in [-0.2, -0.15) is 0 Å². The predicted molar refractivity (Wildman–Crippen MR) is 185 cm³/mol. The highest BCUT2D eigenvalue weighted by atomic mass is 16.5. The molecule has 7 rings (SSSR count). The average Bonchev–Trinajstić information content (AvgIpc) is 3.73. The number of fused-ring (bicyclic) bond motifs is 3. The van der Waals surface area contributed by atoms with Crippen LogP contribution in [0.2, 0.25) is 0 Å². The monoisotopic (exact) mass is 633 g/mol. The Morgan fingerprint density at radius 1 is 0.729 bits per heavy atom. The van der Waals surface area contributed by atoms with Crippen molar-refractivity contribution in [3.63, 3.8) is 0 Å². The largest absolute Gasteiger partial charge is 0.480 e. The van der Waals surface area contributed by atoms with Crippen LogP contribution in [-0.2, 0) is 21.5 Å².